The summed E-state index contributed by atoms with van der Waals surface area (Å²) in [5.41, 5.74) is 2.47. The molecule has 0 aliphatic carbocycles. The number of nitrogens with zero attached hydrogens (tertiary/aromatic N) is 2. The maximum Gasteiger partial charge on any atom is 0.135 e. The van der Waals surface area contributed by atoms with E-state index in [-0.39, 0.29) is 5.76 Å². The van der Waals surface area contributed by atoms with Crippen LogP contribution >= 0.6 is 11.3 Å². The molecule has 0 radical (unpaired) electrons. The van der Waals surface area contributed by atoms with Crippen molar-refractivity contribution in [2.45, 2.75) is 6.92 Å². The number of benzene rings is 2. The third-order valence-corrected chi connectivity index (χ3v) is 5.60. The van der Waals surface area contributed by atoms with Crippen molar-refractivity contribution in [3.8, 4) is 17.0 Å². The molecule has 5 nitrogen and oxygen atoms in total. The molecule has 1 aliphatic rings. The van der Waals surface area contributed by atoms with E-state index in [9.17, 15) is 5.11 Å². The molecule has 4 rings (SSSR count). The van der Waals surface area contributed by atoms with Gasteiger partial charge in [0.15, 0.2) is 0 Å². The van der Waals surface area contributed by atoms with Gasteiger partial charge >= 0.3 is 0 Å². The van der Waals surface area contributed by atoms with Gasteiger partial charge in [0.2, 0.25) is 0 Å². The molecule has 0 saturated heterocycles. The predicted molar refractivity (Wildman–Crippen MR) is 113 cm³/mol. The molecule has 2 N–H and O–H groups in total. The van der Waals surface area contributed by atoms with Crippen molar-refractivity contribution >= 4 is 22.7 Å². The number of amidine groups is 1. The van der Waals surface area contributed by atoms with Gasteiger partial charge in [0, 0.05) is 10.4 Å². The highest BCUT2D eigenvalue weighted by molar-refractivity contribution is 7.13. The molecule has 28 heavy (non-hydrogen) atoms. The summed E-state index contributed by atoms with van der Waals surface area (Å²) in [5, 5.41) is 19.7. The molecule has 3 aromatic rings. The largest absolute Gasteiger partial charge is 0.510 e. The Morgan fingerprint density at radius 2 is 1.79 bits per heavy atom. The Balaban J connectivity index is 1.47. The summed E-state index contributed by atoms with van der Waals surface area (Å²) in [4.78, 5) is 7.61. The molecule has 0 unspecified atom stereocenters. The van der Waals surface area contributed by atoms with Crippen LogP contribution in [0.2, 0.25) is 0 Å². The molecule has 0 saturated carbocycles. The van der Waals surface area contributed by atoms with Crippen LogP contribution in [0.15, 0.2) is 66.4 Å². The summed E-state index contributed by atoms with van der Waals surface area (Å²) in [6.45, 7) is 3.30. The van der Waals surface area contributed by atoms with E-state index >= 15 is 0 Å². The summed E-state index contributed by atoms with van der Waals surface area (Å²) >= 11 is 1.51. The number of ether oxygens (including phenoxy) is 1. The topological polar surface area (TPSA) is 69.4 Å². The van der Waals surface area contributed by atoms with Crippen molar-refractivity contribution in [1.29, 1.82) is 5.41 Å². The van der Waals surface area contributed by atoms with Crippen LogP contribution in [0.25, 0.3) is 16.8 Å². The second kappa shape index (κ2) is 7.86. The minimum atomic E-state index is 0.193. The Bertz CT molecular complexity index is 1010. The van der Waals surface area contributed by atoms with Gasteiger partial charge in [-0.1, -0.05) is 48.5 Å². The molecule has 142 valence electrons. The maximum absolute atomic E-state index is 10.5. The second-order valence-electron chi connectivity index (χ2n) is 6.54. The van der Waals surface area contributed by atoms with Crippen LogP contribution in [0.4, 0.5) is 0 Å². The lowest BCUT2D eigenvalue weighted by molar-refractivity contribution is 0.265. The molecule has 2 aromatic carbocycles. The molecule has 0 bridgehead atoms. The monoisotopic (exact) mass is 391 g/mol. The molecule has 0 atom stereocenters. The summed E-state index contributed by atoms with van der Waals surface area (Å²) in [6.07, 6.45) is 0. The zero-order chi connectivity index (χ0) is 19.5. The third kappa shape index (κ3) is 3.64. The van der Waals surface area contributed by atoms with E-state index < -0.39 is 0 Å². The molecule has 0 amide bonds. The molecular weight excluding hydrogens is 370 g/mol. The molecule has 2 heterocycles. The molecule has 6 heteroatoms. The van der Waals surface area contributed by atoms with Crippen molar-refractivity contribution < 1.29 is 9.84 Å². The standard InChI is InChI=1S/C22H21N3O2S/c1-15-20(16-8-4-2-5-9-16)24-22(28-15)19-18(26)14-25(21(19)23)12-13-27-17-10-6-3-7-11-17/h2-11,23,26H,12-14H2,1H3. The van der Waals surface area contributed by atoms with Crippen LogP contribution < -0.4 is 4.74 Å². The van der Waals surface area contributed by atoms with E-state index in [0.717, 1.165) is 21.9 Å². The van der Waals surface area contributed by atoms with Gasteiger partial charge in [0.05, 0.1) is 24.4 Å². The van der Waals surface area contributed by atoms with Crippen molar-refractivity contribution in [2.75, 3.05) is 19.7 Å². The molecule has 0 spiro atoms. The smallest absolute Gasteiger partial charge is 0.135 e. The number of para-hydroxylation sites is 1. The zero-order valence-corrected chi connectivity index (χ0v) is 16.4. The Morgan fingerprint density at radius 3 is 2.50 bits per heavy atom. The lowest BCUT2D eigenvalue weighted by Crippen LogP contribution is -2.31. The maximum atomic E-state index is 10.5. The first kappa shape index (κ1) is 18.3. The van der Waals surface area contributed by atoms with Crippen molar-refractivity contribution in [2.24, 2.45) is 0 Å². The van der Waals surface area contributed by atoms with Gasteiger partial charge < -0.3 is 14.7 Å². The molecule has 0 fully saturated rings. The molecular formula is C22H21N3O2S. The number of thiazole rings is 1. The number of aryl methyl sites for hydroxylation is 1. The fourth-order valence-corrected chi connectivity index (χ4v) is 4.21. The van der Waals surface area contributed by atoms with Crippen LogP contribution in [-0.2, 0) is 0 Å². The first-order valence-corrected chi connectivity index (χ1v) is 9.92. The Hall–Kier alpha value is -3.12. The minimum Gasteiger partial charge on any atom is -0.510 e. The van der Waals surface area contributed by atoms with Crippen molar-refractivity contribution in [3.05, 3.63) is 76.3 Å². The first-order valence-electron chi connectivity index (χ1n) is 9.10. The number of hydrogen-bond donors (Lipinski definition) is 2. The number of hydrogen-bond acceptors (Lipinski definition) is 5. The van der Waals surface area contributed by atoms with Crippen LogP contribution in [-0.4, -0.2) is 40.5 Å². The lowest BCUT2D eigenvalue weighted by Gasteiger charge is -2.18. The van der Waals surface area contributed by atoms with Gasteiger partial charge in [0.1, 0.15) is 29.0 Å². The second-order valence-corrected chi connectivity index (χ2v) is 7.75. The number of nitrogens with one attached hydrogen (secondary N) is 1. The van der Waals surface area contributed by atoms with Crippen LogP contribution in [0.1, 0.15) is 9.88 Å². The minimum absolute atomic E-state index is 0.193. The summed E-state index contributed by atoms with van der Waals surface area (Å²) in [7, 11) is 0. The number of aliphatic hydroxyl groups is 1. The molecule has 1 aromatic heterocycles. The predicted octanol–water partition coefficient (Wildman–Crippen LogP) is 4.76. The van der Waals surface area contributed by atoms with Gasteiger partial charge in [0.25, 0.3) is 0 Å². The quantitative estimate of drug-likeness (QED) is 0.636. The summed E-state index contributed by atoms with van der Waals surface area (Å²) in [6, 6.07) is 19.6. The summed E-state index contributed by atoms with van der Waals surface area (Å²) < 4.78 is 5.72. The number of aliphatic hydroxyl groups excluding tert-OH is 1. The van der Waals surface area contributed by atoms with E-state index in [1.165, 1.54) is 11.3 Å². The van der Waals surface area contributed by atoms with Crippen LogP contribution in [0.5, 0.6) is 5.75 Å². The molecule has 1 aliphatic heterocycles. The van der Waals surface area contributed by atoms with Crippen LogP contribution in [0.3, 0.4) is 0 Å². The number of aromatic nitrogens is 1. The van der Waals surface area contributed by atoms with Gasteiger partial charge in [-0.15, -0.1) is 11.3 Å². The SMILES string of the molecule is Cc1sc(C2=C(O)CN(CCOc3ccccc3)C2=N)nc1-c1ccccc1. The summed E-state index contributed by atoms with van der Waals surface area (Å²) in [5.74, 6) is 1.29. The zero-order valence-electron chi connectivity index (χ0n) is 15.6. The van der Waals surface area contributed by atoms with E-state index in [4.69, 9.17) is 15.1 Å². The van der Waals surface area contributed by atoms with Crippen molar-refractivity contribution in [3.63, 3.8) is 0 Å². The first-order chi connectivity index (χ1) is 13.6. The number of rotatable bonds is 6. The lowest BCUT2D eigenvalue weighted by atomic mass is 10.1. The van der Waals surface area contributed by atoms with E-state index in [1.807, 2.05) is 72.5 Å². The van der Waals surface area contributed by atoms with Gasteiger partial charge in [-0.3, -0.25) is 5.41 Å². The van der Waals surface area contributed by atoms with E-state index in [0.29, 0.717) is 36.1 Å². The average Bonchev–Trinajstić information content (AvgIpc) is 3.22. The fourth-order valence-electron chi connectivity index (χ4n) is 3.21. The Kier molecular flexibility index (Phi) is 5.12. The van der Waals surface area contributed by atoms with E-state index in [1.54, 1.807) is 0 Å². The normalized spacial score (nSPS) is 14.0. The fraction of sp³-hybridized carbons (Fsp3) is 0.182. The van der Waals surface area contributed by atoms with Crippen molar-refractivity contribution in [1.82, 2.24) is 9.88 Å². The Labute approximate surface area is 168 Å². The average molecular weight is 391 g/mol. The van der Waals surface area contributed by atoms with E-state index in [2.05, 4.69) is 0 Å². The van der Waals surface area contributed by atoms with Gasteiger partial charge in [-0.05, 0) is 19.1 Å². The highest BCUT2D eigenvalue weighted by Crippen LogP contribution is 2.35. The highest BCUT2D eigenvalue weighted by Gasteiger charge is 2.30. The van der Waals surface area contributed by atoms with Gasteiger partial charge in [-0.25, -0.2) is 4.98 Å². The van der Waals surface area contributed by atoms with Gasteiger partial charge in [-0.2, -0.15) is 0 Å². The third-order valence-electron chi connectivity index (χ3n) is 4.61. The highest BCUT2D eigenvalue weighted by atomic mass is 32.1. The Morgan fingerprint density at radius 1 is 1.11 bits per heavy atom. The van der Waals surface area contributed by atoms with Crippen LogP contribution in [0, 0.1) is 12.3 Å².